The Balaban J connectivity index is 1.97. The number of aromatic nitrogens is 1. The van der Waals surface area contributed by atoms with Crippen LogP contribution in [0.3, 0.4) is 0 Å². The molecule has 0 aromatic carbocycles. The highest BCUT2D eigenvalue weighted by Gasteiger charge is 2.34. The van der Waals surface area contributed by atoms with Crippen LogP contribution >= 0.6 is 11.6 Å². The number of halogens is 1. The van der Waals surface area contributed by atoms with E-state index in [1.165, 1.54) is 6.20 Å². The first-order valence-corrected chi connectivity index (χ1v) is 7.69. The number of hydrogen-bond donors (Lipinski definition) is 2. The fraction of sp³-hybridized carbons (Fsp3) is 0.533. The molecule has 1 aromatic heterocycles. The van der Waals surface area contributed by atoms with Gasteiger partial charge in [-0.25, -0.2) is 9.78 Å². The van der Waals surface area contributed by atoms with Crippen molar-refractivity contribution in [1.82, 2.24) is 15.2 Å². The summed E-state index contributed by atoms with van der Waals surface area (Å²) in [5.41, 5.74) is 0.492. The molecule has 0 spiro atoms. The Kier molecular flexibility index (Phi) is 4.99. The molecule has 0 bridgehead atoms. The van der Waals surface area contributed by atoms with Crippen molar-refractivity contribution in [3.05, 3.63) is 23.0 Å². The summed E-state index contributed by atoms with van der Waals surface area (Å²) in [7, 11) is 1.55. The first kappa shape index (κ1) is 17.3. The Morgan fingerprint density at radius 3 is 2.61 bits per heavy atom. The molecule has 2 rings (SSSR count). The van der Waals surface area contributed by atoms with E-state index in [-0.39, 0.29) is 18.0 Å². The first-order valence-electron chi connectivity index (χ1n) is 7.31. The summed E-state index contributed by atoms with van der Waals surface area (Å²) in [5.74, 6) is -0.250. The van der Waals surface area contributed by atoms with E-state index < -0.39 is 5.60 Å². The van der Waals surface area contributed by atoms with Crippen molar-refractivity contribution in [3.8, 4) is 0 Å². The number of likely N-dealkylation sites (tertiary alicyclic amines) is 1. The Morgan fingerprint density at radius 2 is 2.04 bits per heavy atom. The largest absolute Gasteiger partial charge is 0.444 e. The van der Waals surface area contributed by atoms with Gasteiger partial charge in [-0.1, -0.05) is 11.6 Å². The van der Waals surface area contributed by atoms with Crippen LogP contribution in [0.4, 0.5) is 10.5 Å². The molecule has 8 heteroatoms. The number of carbonyl (C=O) groups excluding carboxylic acids is 2. The zero-order chi connectivity index (χ0) is 17.2. The number of anilines is 1. The van der Waals surface area contributed by atoms with Crippen molar-refractivity contribution in [1.29, 1.82) is 0 Å². The number of pyridine rings is 1. The summed E-state index contributed by atoms with van der Waals surface area (Å²) >= 11 is 5.89. The SMILES string of the molecule is CNC(=O)c1cnc(Cl)cc1NC1CN(C(=O)OC(C)(C)C)C1. The number of carbonyl (C=O) groups is 2. The zero-order valence-corrected chi connectivity index (χ0v) is 14.4. The van der Waals surface area contributed by atoms with E-state index in [1.807, 2.05) is 20.8 Å². The molecule has 1 fully saturated rings. The molecule has 1 aromatic rings. The fourth-order valence-electron chi connectivity index (χ4n) is 2.13. The second-order valence-corrected chi connectivity index (χ2v) is 6.75. The Bertz CT molecular complexity index is 609. The van der Waals surface area contributed by atoms with Gasteiger partial charge in [0.1, 0.15) is 10.8 Å². The lowest BCUT2D eigenvalue weighted by molar-refractivity contribution is 0.0105. The molecule has 126 valence electrons. The van der Waals surface area contributed by atoms with Gasteiger partial charge in [0.05, 0.1) is 17.3 Å². The van der Waals surface area contributed by atoms with Crippen LogP contribution in [-0.4, -0.2) is 53.7 Å². The van der Waals surface area contributed by atoms with Gasteiger partial charge in [-0.2, -0.15) is 0 Å². The molecule has 2 amide bonds. The first-order chi connectivity index (χ1) is 10.7. The van der Waals surface area contributed by atoms with Gasteiger partial charge < -0.3 is 20.3 Å². The van der Waals surface area contributed by atoms with Crippen LogP contribution in [0.15, 0.2) is 12.3 Å². The summed E-state index contributed by atoms with van der Waals surface area (Å²) < 4.78 is 5.30. The Morgan fingerprint density at radius 1 is 1.39 bits per heavy atom. The topological polar surface area (TPSA) is 83.6 Å². The maximum absolute atomic E-state index is 11.9. The van der Waals surface area contributed by atoms with Gasteiger partial charge in [-0.15, -0.1) is 0 Å². The minimum absolute atomic E-state index is 0.0318. The molecule has 1 aliphatic heterocycles. The summed E-state index contributed by atoms with van der Waals surface area (Å²) in [6.07, 6.45) is 1.09. The highest BCUT2D eigenvalue weighted by Crippen LogP contribution is 2.23. The lowest BCUT2D eigenvalue weighted by Crippen LogP contribution is -2.58. The number of nitrogens with one attached hydrogen (secondary N) is 2. The monoisotopic (exact) mass is 340 g/mol. The maximum atomic E-state index is 11.9. The summed E-state index contributed by atoms with van der Waals surface area (Å²) in [5, 5.41) is 6.07. The van der Waals surface area contributed by atoms with Crippen LogP contribution in [-0.2, 0) is 4.74 Å². The second kappa shape index (κ2) is 6.62. The molecular formula is C15H21ClN4O3. The van der Waals surface area contributed by atoms with Gasteiger partial charge in [0.25, 0.3) is 5.91 Å². The molecular weight excluding hydrogens is 320 g/mol. The Hall–Kier alpha value is -2.02. The van der Waals surface area contributed by atoms with Crippen LogP contribution in [0.2, 0.25) is 5.15 Å². The van der Waals surface area contributed by atoms with Gasteiger partial charge in [0.15, 0.2) is 0 Å². The normalized spacial score (nSPS) is 14.9. The molecule has 1 aliphatic rings. The minimum Gasteiger partial charge on any atom is -0.444 e. The molecule has 7 nitrogen and oxygen atoms in total. The van der Waals surface area contributed by atoms with Crippen molar-refractivity contribution < 1.29 is 14.3 Å². The van der Waals surface area contributed by atoms with Crippen molar-refractivity contribution >= 4 is 29.3 Å². The lowest BCUT2D eigenvalue weighted by atomic mass is 10.1. The van der Waals surface area contributed by atoms with Crippen molar-refractivity contribution in [2.75, 3.05) is 25.5 Å². The number of ether oxygens (including phenoxy) is 1. The smallest absolute Gasteiger partial charge is 0.410 e. The number of amides is 2. The third-order valence-electron chi connectivity index (χ3n) is 3.24. The van der Waals surface area contributed by atoms with E-state index in [0.29, 0.717) is 29.5 Å². The van der Waals surface area contributed by atoms with Crippen molar-refractivity contribution in [2.24, 2.45) is 0 Å². The molecule has 0 radical (unpaired) electrons. The molecule has 0 aliphatic carbocycles. The maximum Gasteiger partial charge on any atom is 0.410 e. The van der Waals surface area contributed by atoms with E-state index in [0.717, 1.165) is 0 Å². The number of hydrogen-bond acceptors (Lipinski definition) is 5. The zero-order valence-electron chi connectivity index (χ0n) is 13.6. The van der Waals surface area contributed by atoms with Gasteiger partial charge >= 0.3 is 6.09 Å². The van der Waals surface area contributed by atoms with Crippen LogP contribution in [0.5, 0.6) is 0 Å². The third-order valence-corrected chi connectivity index (χ3v) is 3.44. The fourth-order valence-corrected chi connectivity index (χ4v) is 2.29. The van der Waals surface area contributed by atoms with Gasteiger partial charge in [0.2, 0.25) is 0 Å². The molecule has 1 saturated heterocycles. The van der Waals surface area contributed by atoms with Crippen molar-refractivity contribution in [3.63, 3.8) is 0 Å². The number of nitrogens with zero attached hydrogens (tertiary/aromatic N) is 2. The third kappa shape index (κ3) is 4.48. The standard InChI is InChI=1S/C15H21ClN4O3/c1-15(2,3)23-14(22)20-7-9(8-20)19-11-5-12(16)18-6-10(11)13(21)17-4/h5-6,9H,7-8H2,1-4H3,(H,17,21)(H,18,19). The van der Waals surface area contributed by atoms with E-state index in [4.69, 9.17) is 16.3 Å². The molecule has 2 heterocycles. The van der Waals surface area contributed by atoms with Gasteiger partial charge in [-0.05, 0) is 26.8 Å². The number of rotatable bonds is 3. The van der Waals surface area contributed by atoms with E-state index in [9.17, 15) is 9.59 Å². The average Bonchev–Trinajstić information content (AvgIpc) is 2.39. The predicted octanol–water partition coefficient (Wildman–Crippen LogP) is 2.13. The molecule has 0 unspecified atom stereocenters. The Labute approximate surface area is 140 Å². The molecule has 0 atom stereocenters. The second-order valence-electron chi connectivity index (χ2n) is 6.36. The highest BCUT2D eigenvalue weighted by molar-refractivity contribution is 6.29. The van der Waals surface area contributed by atoms with Gasteiger partial charge in [0, 0.05) is 26.3 Å². The molecule has 23 heavy (non-hydrogen) atoms. The van der Waals surface area contributed by atoms with Crippen molar-refractivity contribution in [2.45, 2.75) is 32.4 Å². The van der Waals surface area contributed by atoms with E-state index in [2.05, 4.69) is 15.6 Å². The highest BCUT2D eigenvalue weighted by atomic mass is 35.5. The minimum atomic E-state index is -0.513. The summed E-state index contributed by atoms with van der Waals surface area (Å²) in [6.45, 7) is 6.49. The van der Waals surface area contributed by atoms with Crippen LogP contribution in [0.25, 0.3) is 0 Å². The predicted molar refractivity (Wildman–Crippen MR) is 87.9 cm³/mol. The van der Waals surface area contributed by atoms with E-state index >= 15 is 0 Å². The summed E-state index contributed by atoms with van der Waals surface area (Å²) in [4.78, 5) is 29.3. The van der Waals surface area contributed by atoms with Crippen LogP contribution in [0, 0.1) is 0 Å². The molecule has 2 N–H and O–H groups in total. The van der Waals surface area contributed by atoms with Crippen LogP contribution in [0.1, 0.15) is 31.1 Å². The molecule has 0 saturated carbocycles. The quantitative estimate of drug-likeness (QED) is 0.823. The van der Waals surface area contributed by atoms with Gasteiger partial charge in [-0.3, -0.25) is 4.79 Å². The average molecular weight is 341 g/mol. The van der Waals surface area contributed by atoms with E-state index in [1.54, 1.807) is 18.0 Å². The summed E-state index contributed by atoms with van der Waals surface area (Å²) in [6, 6.07) is 1.63. The van der Waals surface area contributed by atoms with Crippen LogP contribution < -0.4 is 10.6 Å². The lowest BCUT2D eigenvalue weighted by Gasteiger charge is -2.40.